The summed E-state index contributed by atoms with van der Waals surface area (Å²) in [7, 11) is 0. The van der Waals surface area contributed by atoms with E-state index in [0.29, 0.717) is 11.8 Å². The van der Waals surface area contributed by atoms with Gasteiger partial charge in [0, 0.05) is 0 Å². The van der Waals surface area contributed by atoms with Crippen molar-refractivity contribution < 1.29 is 23.0 Å². The summed E-state index contributed by atoms with van der Waals surface area (Å²) in [5.74, 6) is -0.180. The number of halogens is 2. The molecule has 1 aliphatic carbocycles. The van der Waals surface area contributed by atoms with Crippen molar-refractivity contribution in [1.29, 1.82) is 0 Å². The molecule has 5 heteroatoms. The zero-order valence-corrected chi connectivity index (χ0v) is 16.1. The van der Waals surface area contributed by atoms with Crippen LogP contribution in [0, 0.1) is 29.4 Å². The molecule has 2 aliphatic rings. The molecule has 0 amide bonds. The first kappa shape index (κ1) is 20.1. The van der Waals surface area contributed by atoms with Crippen LogP contribution in [0.3, 0.4) is 0 Å². The van der Waals surface area contributed by atoms with Gasteiger partial charge in [-0.25, -0.2) is 0 Å². The molecule has 27 heavy (non-hydrogen) atoms. The van der Waals surface area contributed by atoms with E-state index in [2.05, 4.69) is 12.7 Å². The lowest BCUT2D eigenvalue weighted by Crippen LogP contribution is -2.35. The van der Waals surface area contributed by atoms with Crippen LogP contribution in [0.4, 0.5) is 8.78 Å². The molecule has 1 aliphatic heterocycles. The Kier molecular flexibility index (Phi) is 7.11. The summed E-state index contributed by atoms with van der Waals surface area (Å²) in [6.45, 7) is 6.88. The second-order valence-electron chi connectivity index (χ2n) is 7.64. The third-order valence-corrected chi connectivity index (χ3v) is 5.96. The van der Waals surface area contributed by atoms with Crippen LogP contribution in [0.5, 0.6) is 11.5 Å². The second kappa shape index (κ2) is 9.54. The normalized spacial score (nSPS) is 28.6. The Balaban J connectivity index is 1.45. The van der Waals surface area contributed by atoms with E-state index in [9.17, 15) is 8.78 Å². The van der Waals surface area contributed by atoms with Crippen molar-refractivity contribution in [2.24, 2.45) is 17.8 Å². The molecular weight excluding hydrogens is 350 g/mol. The summed E-state index contributed by atoms with van der Waals surface area (Å²) in [4.78, 5) is 0. The Morgan fingerprint density at radius 2 is 1.63 bits per heavy atom. The van der Waals surface area contributed by atoms with Crippen LogP contribution in [0.2, 0.25) is 0 Å². The fourth-order valence-electron chi connectivity index (χ4n) is 4.26. The Morgan fingerprint density at radius 3 is 2.19 bits per heavy atom. The van der Waals surface area contributed by atoms with Gasteiger partial charge in [-0.2, -0.15) is 8.78 Å². The molecule has 0 spiro atoms. The highest BCUT2D eigenvalue weighted by atomic mass is 19.2. The van der Waals surface area contributed by atoms with Crippen molar-refractivity contribution in [3.63, 3.8) is 0 Å². The van der Waals surface area contributed by atoms with E-state index in [1.54, 1.807) is 6.92 Å². The first-order chi connectivity index (χ1) is 13.1. The van der Waals surface area contributed by atoms with Crippen LogP contribution >= 0.6 is 0 Å². The summed E-state index contributed by atoms with van der Waals surface area (Å²) in [5.41, 5.74) is 0. The quantitative estimate of drug-likeness (QED) is 0.582. The molecule has 0 bridgehead atoms. The van der Waals surface area contributed by atoms with Gasteiger partial charge in [-0.3, -0.25) is 0 Å². The minimum Gasteiger partial charge on any atom is -0.491 e. The van der Waals surface area contributed by atoms with Crippen LogP contribution in [0.1, 0.15) is 45.4 Å². The molecule has 1 aromatic rings. The summed E-state index contributed by atoms with van der Waals surface area (Å²) in [6, 6.07) is 2.81. The third kappa shape index (κ3) is 5.01. The van der Waals surface area contributed by atoms with E-state index in [1.165, 1.54) is 37.8 Å². The molecule has 1 saturated heterocycles. The summed E-state index contributed by atoms with van der Waals surface area (Å²) in [5, 5.41) is 0. The molecule has 2 atom stereocenters. The molecule has 1 aromatic carbocycles. The number of allylic oxidation sites excluding steroid dienone is 1. The van der Waals surface area contributed by atoms with Crippen molar-refractivity contribution in [3.8, 4) is 11.5 Å². The monoisotopic (exact) mass is 380 g/mol. The van der Waals surface area contributed by atoms with Gasteiger partial charge >= 0.3 is 0 Å². The Hall–Kier alpha value is -1.62. The fourth-order valence-corrected chi connectivity index (χ4v) is 4.26. The maximum atomic E-state index is 14.1. The van der Waals surface area contributed by atoms with Crippen molar-refractivity contribution in [2.75, 3.05) is 19.8 Å². The first-order valence-electron chi connectivity index (χ1n) is 10.1. The summed E-state index contributed by atoms with van der Waals surface area (Å²) in [6.07, 6.45) is 9.00. The van der Waals surface area contributed by atoms with Gasteiger partial charge in [0.05, 0.1) is 19.3 Å². The lowest BCUT2D eigenvalue weighted by Gasteiger charge is -2.37. The Bertz CT molecular complexity index is 618. The molecule has 3 rings (SSSR count). The lowest BCUT2D eigenvalue weighted by atomic mass is 9.74. The largest absolute Gasteiger partial charge is 0.491 e. The van der Waals surface area contributed by atoms with Crippen molar-refractivity contribution in [3.05, 3.63) is 36.4 Å². The van der Waals surface area contributed by atoms with Gasteiger partial charge in [-0.1, -0.05) is 6.08 Å². The van der Waals surface area contributed by atoms with Crippen LogP contribution in [-0.4, -0.2) is 25.9 Å². The molecule has 1 heterocycles. The molecule has 2 fully saturated rings. The smallest absolute Gasteiger partial charge is 0.204 e. The number of rotatable bonds is 7. The van der Waals surface area contributed by atoms with Crippen molar-refractivity contribution in [2.45, 2.75) is 51.6 Å². The van der Waals surface area contributed by atoms with Crippen molar-refractivity contribution in [1.82, 2.24) is 0 Å². The summed E-state index contributed by atoms with van der Waals surface area (Å²) < 4.78 is 44.5. The number of hydrogen-bond acceptors (Lipinski definition) is 3. The van der Waals surface area contributed by atoms with E-state index in [-0.39, 0.29) is 30.8 Å². The first-order valence-corrected chi connectivity index (χ1v) is 10.1. The van der Waals surface area contributed by atoms with Crippen LogP contribution in [0.25, 0.3) is 0 Å². The molecule has 150 valence electrons. The maximum Gasteiger partial charge on any atom is 0.204 e. The van der Waals surface area contributed by atoms with E-state index in [4.69, 9.17) is 14.2 Å². The van der Waals surface area contributed by atoms with Crippen molar-refractivity contribution >= 4 is 0 Å². The number of benzene rings is 1. The van der Waals surface area contributed by atoms with Gasteiger partial charge in [0.25, 0.3) is 0 Å². The van der Waals surface area contributed by atoms with Gasteiger partial charge in [0.2, 0.25) is 11.6 Å². The van der Waals surface area contributed by atoms with Gasteiger partial charge in [0.15, 0.2) is 11.5 Å². The molecule has 1 saturated carbocycles. The molecule has 2 unspecified atom stereocenters. The predicted octanol–water partition coefficient (Wildman–Crippen LogP) is 5.53. The minimum atomic E-state index is -1.01. The van der Waals surface area contributed by atoms with Gasteiger partial charge < -0.3 is 14.2 Å². The average Bonchev–Trinajstić information content (AvgIpc) is 2.71. The topological polar surface area (TPSA) is 27.7 Å². The predicted molar refractivity (Wildman–Crippen MR) is 101 cm³/mol. The fraction of sp³-hybridized carbons (Fsp3) is 0.636. The number of ether oxygens (including phenoxy) is 3. The van der Waals surface area contributed by atoms with E-state index >= 15 is 0 Å². The highest BCUT2D eigenvalue weighted by Crippen LogP contribution is 2.38. The van der Waals surface area contributed by atoms with Gasteiger partial charge in [-0.05, 0) is 75.3 Å². The highest BCUT2D eigenvalue weighted by Gasteiger charge is 2.31. The second-order valence-corrected chi connectivity index (χ2v) is 7.64. The van der Waals surface area contributed by atoms with E-state index < -0.39 is 11.6 Å². The molecular formula is C22H30F2O3. The van der Waals surface area contributed by atoms with E-state index in [1.807, 2.05) is 0 Å². The lowest BCUT2D eigenvalue weighted by molar-refractivity contribution is -0.0557. The minimum absolute atomic E-state index is 0.0696. The number of hydrogen-bond donors (Lipinski definition) is 0. The van der Waals surface area contributed by atoms with Gasteiger partial charge in [0.1, 0.15) is 6.61 Å². The van der Waals surface area contributed by atoms with Gasteiger partial charge in [-0.15, -0.1) is 6.58 Å². The van der Waals surface area contributed by atoms with Crippen LogP contribution in [0.15, 0.2) is 24.8 Å². The zero-order chi connectivity index (χ0) is 19.2. The highest BCUT2D eigenvalue weighted by molar-refractivity contribution is 5.35. The SMILES string of the molecule is C=CC1CCC(C2CCC(COc3ccc(OCC)c(F)c3F)OC2)CC1. The molecule has 0 radical (unpaired) electrons. The zero-order valence-electron chi connectivity index (χ0n) is 16.1. The van der Waals surface area contributed by atoms with E-state index in [0.717, 1.165) is 25.4 Å². The molecule has 0 N–H and O–H groups in total. The standard InChI is InChI=1S/C22H30F2O3/c1-3-15-5-7-16(8-6-15)17-9-10-18(26-13-17)14-27-20-12-11-19(25-4-2)21(23)22(20)24/h3,11-12,15-18H,1,4-10,13-14H2,2H3. The third-order valence-electron chi connectivity index (χ3n) is 5.96. The molecule has 0 aromatic heterocycles. The van der Waals surface area contributed by atoms with Crippen LogP contribution < -0.4 is 9.47 Å². The molecule has 3 nitrogen and oxygen atoms in total. The Morgan fingerprint density at radius 1 is 1.00 bits per heavy atom. The van der Waals surface area contributed by atoms with Crippen LogP contribution in [-0.2, 0) is 4.74 Å². The Labute approximate surface area is 160 Å². The maximum absolute atomic E-state index is 14.1. The summed E-state index contributed by atoms with van der Waals surface area (Å²) >= 11 is 0. The average molecular weight is 380 g/mol.